The molecule has 2 rings (SSSR count). The third-order valence-electron chi connectivity index (χ3n) is 3.93. The Bertz CT molecular complexity index is 541. The molecule has 0 amide bonds. The van der Waals surface area contributed by atoms with Gasteiger partial charge >= 0.3 is 0 Å². The molecule has 1 fully saturated rings. The number of hydrogen-bond donors (Lipinski definition) is 1. The number of hydrogen-bond acceptors (Lipinski definition) is 4. The van der Waals surface area contributed by atoms with Crippen molar-refractivity contribution in [3.05, 3.63) is 18.0 Å². The Balaban J connectivity index is 2.23. The Morgan fingerprint density at radius 3 is 2.71 bits per heavy atom. The standard InChI is InChI=1S/C14H25N3O3S/c1-3-16-11-14(8-12(16)9-15)21(18,19)17(4-2)10-13-6-5-7-20-13/h8,11,13H,3-7,9-10,15H2,1-2H3. The topological polar surface area (TPSA) is 77.6 Å². The summed E-state index contributed by atoms with van der Waals surface area (Å²) in [4.78, 5) is 0.324. The molecule has 1 aromatic heterocycles. The van der Waals surface area contributed by atoms with E-state index in [1.807, 2.05) is 18.4 Å². The lowest BCUT2D eigenvalue weighted by Gasteiger charge is -2.22. The summed E-state index contributed by atoms with van der Waals surface area (Å²) in [5.74, 6) is 0. The van der Waals surface area contributed by atoms with Crippen LogP contribution in [0.2, 0.25) is 0 Å². The normalized spacial score (nSPS) is 19.5. The van der Waals surface area contributed by atoms with Gasteiger partial charge in [-0.25, -0.2) is 8.42 Å². The monoisotopic (exact) mass is 315 g/mol. The van der Waals surface area contributed by atoms with Gasteiger partial charge in [0, 0.05) is 44.7 Å². The molecular formula is C14H25N3O3S. The number of nitrogens with zero attached hydrogens (tertiary/aromatic N) is 2. The smallest absolute Gasteiger partial charge is 0.244 e. The zero-order chi connectivity index (χ0) is 15.5. The van der Waals surface area contributed by atoms with Crippen LogP contribution in [0.15, 0.2) is 17.2 Å². The van der Waals surface area contributed by atoms with Crippen LogP contribution in [0.4, 0.5) is 0 Å². The quantitative estimate of drug-likeness (QED) is 0.819. The van der Waals surface area contributed by atoms with Crippen molar-refractivity contribution in [3.8, 4) is 0 Å². The molecule has 0 radical (unpaired) electrons. The van der Waals surface area contributed by atoms with Crippen molar-refractivity contribution in [2.75, 3.05) is 19.7 Å². The highest BCUT2D eigenvalue weighted by atomic mass is 32.2. The molecule has 21 heavy (non-hydrogen) atoms. The van der Waals surface area contributed by atoms with Crippen LogP contribution in [0.25, 0.3) is 0 Å². The maximum Gasteiger partial charge on any atom is 0.244 e. The summed E-state index contributed by atoms with van der Waals surface area (Å²) < 4.78 is 34.5. The molecular weight excluding hydrogens is 290 g/mol. The highest BCUT2D eigenvalue weighted by Crippen LogP contribution is 2.22. The molecule has 1 unspecified atom stereocenters. The summed E-state index contributed by atoms with van der Waals surface area (Å²) in [5, 5.41) is 0. The number of nitrogens with two attached hydrogens (primary N) is 1. The fraction of sp³-hybridized carbons (Fsp3) is 0.714. The largest absolute Gasteiger partial charge is 0.377 e. The fourth-order valence-electron chi connectivity index (χ4n) is 2.69. The molecule has 1 aliphatic heterocycles. The summed E-state index contributed by atoms with van der Waals surface area (Å²) >= 11 is 0. The lowest BCUT2D eigenvalue weighted by atomic mass is 10.2. The van der Waals surface area contributed by atoms with Gasteiger partial charge in [-0.05, 0) is 25.8 Å². The molecule has 1 saturated heterocycles. The van der Waals surface area contributed by atoms with Crippen LogP contribution in [-0.2, 0) is 27.8 Å². The number of ether oxygens (including phenoxy) is 1. The molecule has 120 valence electrons. The van der Waals surface area contributed by atoms with Crippen LogP contribution < -0.4 is 5.73 Å². The van der Waals surface area contributed by atoms with E-state index in [4.69, 9.17) is 10.5 Å². The SMILES string of the molecule is CCN(CC1CCCO1)S(=O)(=O)c1cc(CN)n(CC)c1. The maximum atomic E-state index is 12.8. The van der Waals surface area contributed by atoms with Crippen molar-refractivity contribution in [2.45, 2.75) is 50.8 Å². The Morgan fingerprint density at radius 1 is 1.48 bits per heavy atom. The molecule has 0 saturated carbocycles. The second-order valence-electron chi connectivity index (χ2n) is 5.25. The van der Waals surface area contributed by atoms with Crippen molar-refractivity contribution in [3.63, 3.8) is 0 Å². The highest BCUT2D eigenvalue weighted by molar-refractivity contribution is 7.89. The van der Waals surface area contributed by atoms with E-state index in [2.05, 4.69) is 0 Å². The Kier molecular flexibility index (Phi) is 5.43. The van der Waals surface area contributed by atoms with Gasteiger partial charge in [-0.2, -0.15) is 4.31 Å². The summed E-state index contributed by atoms with van der Waals surface area (Å²) in [6, 6.07) is 1.68. The number of aryl methyl sites for hydroxylation is 1. The minimum Gasteiger partial charge on any atom is -0.377 e. The number of likely N-dealkylation sites (N-methyl/N-ethyl adjacent to an activating group) is 1. The third kappa shape index (κ3) is 3.48. The summed E-state index contributed by atoms with van der Waals surface area (Å²) in [6.07, 6.45) is 3.62. The van der Waals surface area contributed by atoms with Crippen molar-refractivity contribution < 1.29 is 13.2 Å². The maximum absolute atomic E-state index is 12.8. The molecule has 6 nitrogen and oxygen atoms in total. The molecule has 0 aliphatic carbocycles. The van der Waals surface area contributed by atoms with Crippen molar-refractivity contribution >= 4 is 10.0 Å². The van der Waals surface area contributed by atoms with E-state index in [1.54, 1.807) is 12.3 Å². The Morgan fingerprint density at radius 2 is 2.24 bits per heavy atom. The summed E-state index contributed by atoms with van der Waals surface area (Å²) in [5.41, 5.74) is 6.51. The predicted molar refractivity (Wildman–Crippen MR) is 81.4 cm³/mol. The zero-order valence-electron chi connectivity index (χ0n) is 12.8. The lowest BCUT2D eigenvalue weighted by Crippen LogP contribution is -2.37. The lowest BCUT2D eigenvalue weighted by molar-refractivity contribution is 0.0947. The van der Waals surface area contributed by atoms with Crippen LogP contribution in [-0.4, -0.2) is 43.1 Å². The average Bonchev–Trinajstić information content (AvgIpc) is 3.13. The molecule has 1 aromatic rings. The summed E-state index contributed by atoms with van der Waals surface area (Å²) in [7, 11) is -3.48. The molecule has 1 aliphatic rings. The third-order valence-corrected chi connectivity index (χ3v) is 5.84. The molecule has 0 aromatic carbocycles. The van der Waals surface area contributed by atoms with E-state index in [9.17, 15) is 8.42 Å². The highest BCUT2D eigenvalue weighted by Gasteiger charge is 2.29. The zero-order valence-corrected chi connectivity index (χ0v) is 13.6. The van der Waals surface area contributed by atoms with Crippen LogP contribution >= 0.6 is 0 Å². The molecule has 2 heterocycles. The van der Waals surface area contributed by atoms with E-state index in [0.717, 1.165) is 25.1 Å². The molecule has 0 bridgehead atoms. The first-order chi connectivity index (χ1) is 10.0. The van der Waals surface area contributed by atoms with Gasteiger partial charge in [-0.15, -0.1) is 0 Å². The second-order valence-corrected chi connectivity index (χ2v) is 7.19. The van der Waals surface area contributed by atoms with E-state index in [0.29, 0.717) is 31.1 Å². The van der Waals surface area contributed by atoms with Gasteiger partial charge in [-0.1, -0.05) is 6.92 Å². The first-order valence-electron chi connectivity index (χ1n) is 7.53. The van der Waals surface area contributed by atoms with E-state index < -0.39 is 10.0 Å². The Hall–Kier alpha value is -0.890. The predicted octanol–water partition coefficient (Wildman–Crippen LogP) is 1.16. The number of sulfonamides is 1. The number of aromatic nitrogens is 1. The van der Waals surface area contributed by atoms with Crippen molar-refractivity contribution in [1.29, 1.82) is 0 Å². The van der Waals surface area contributed by atoms with E-state index >= 15 is 0 Å². The van der Waals surface area contributed by atoms with Gasteiger partial charge in [0.15, 0.2) is 0 Å². The van der Waals surface area contributed by atoms with Crippen LogP contribution in [0.1, 0.15) is 32.4 Å². The second kappa shape index (κ2) is 6.91. The van der Waals surface area contributed by atoms with E-state index in [1.165, 1.54) is 4.31 Å². The Labute approximate surface area is 126 Å². The van der Waals surface area contributed by atoms with Gasteiger partial charge in [0.25, 0.3) is 0 Å². The fourth-order valence-corrected chi connectivity index (χ4v) is 4.24. The van der Waals surface area contributed by atoms with Gasteiger partial charge in [0.05, 0.1) is 6.10 Å². The average molecular weight is 315 g/mol. The number of rotatable bonds is 7. The van der Waals surface area contributed by atoms with Crippen molar-refractivity contribution in [2.24, 2.45) is 5.73 Å². The van der Waals surface area contributed by atoms with Gasteiger partial charge in [0.2, 0.25) is 10.0 Å². The first-order valence-corrected chi connectivity index (χ1v) is 8.97. The first kappa shape index (κ1) is 16.5. The molecule has 7 heteroatoms. The minimum atomic E-state index is -3.48. The van der Waals surface area contributed by atoms with Gasteiger partial charge in [-0.3, -0.25) is 0 Å². The molecule has 2 N–H and O–H groups in total. The van der Waals surface area contributed by atoms with E-state index in [-0.39, 0.29) is 6.10 Å². The molecule has 1 atom stereocenters. The van der Waals surface area contributed by atoms with Gasteiger partial charge in [0.1, 0.15) is 4.90 Å². The molecule has 0 spiro atoms. The summed E-state index contributed by atoms with van der Waals surface area (Å²) in [6.45, 7) is 6.46. The minimum absolute atomic E-state index is 0.0157. The van der Waals surface area contributed by atoms with Crippen LogP contribution in [0, 0.1) is 0 Å². The van der Waals surface area contributed by atoms with Crippen molar-refractivity contribution in [1.82, 2.24) is 8.87 Å². The van der Waals surface area contributed by atoms with Crippen LogP contribution in [0.3, 0.4) is 0 Å². The van der Waals surface area contributed by atoms with Crippen LogP contribution in [0.5, 0.6) is 0 Å². The van der Waals surface area contributed by atoms with Gasteiger partial charge < -0.3 is 15.0 Å².